The number of hydrogen-bond acceptors (Lipinski definition) is 4. The van der Waals surface area contributed by atoms with Gasteiger partial charge in [0.05, 0.1) is 0 Å². The largest absolute Gasteiger partial charge is 0.448 e. The van der Waals surface area contributed by atoms with Crippen LogP contribution < -0.4 is 5.43 Å². The van der Waals surface area contributed by atoms with E-state index in [0.29, 0.717) is 30.1 Å². The van der Waals surface area contributed by atoms with Crippen molar-refractivity contribution in [1.82, 2.24) is 10.3 Å². The Bertz CT molecular complexity index is 836. The minimum absolute atomic E-state index is 0.0114. The van der Waals surface area contributed by atoms with E-state index in [1.165, 1.54) is 6.92 Å². The number of hydrogen-bond donors (Lipinski definition) is 1. The molecule has 2 atom stereocenters. The van der Waals surface area contributed by atoms with Gasteiger partial charge in [-0.15, -0.1) is 5.10 Å². The Kier molecular flexibility index (Phi) is 3.87. The van der Waals surface area contributed by atoms with Crippen molar-refractivity contribution in [3.8, 4) is 0 Å². The molecule has 5 nitrogen and oxygen atoms in total. The normalized spacial score (nSPS) is 19.9. The number of amides is 1. The standard InChI is InChI=1S/C19H18FN3O2/c1-12(20)17-21-22-18(25-17)14-7-8-15-11-23(19(24)16(15)9-14)10-13-5-3-2-4-6-13/h2-9,12,17,21H,10-11H2,1H3. The minimum Gasteiger partial charge on any atom is -0.448 e. The maximum Gasteiger partial charge on any atom is 0.254 e. The van der Waals surface area contributed by atoms with Gasteiger partial charge in [0.15, 0.2) is 6.17 Å². The Morgan fingerprint density at radius 1 is 1.32 bits per heavy atom. The van der Waals surface area contributed by atoms with Crippen LogP contribution in [0.15, 0.2) is 53.6 Å². The highest BCUT2D eigenvalue weighted by Gasteiger charge is 2.30. The van der Waals surface area contributed by atoms with Gasteiger partial charge >= 0.3 is 0 Å². The van der Waals surface area contributed by atoms with Gasteiger partial charge in [-0.2, -0.15) is 0 Å². The van der Waals surface area contributed by atoms with Gasteiger partial charge in [0.2, 0.25) is 12.1 Å². The predicted molar refractivity (Wildman–Crippen MR) is 91.6 cm³/mol. The Morgan fingerprint density at radius 3 is 2.84 bits per heavy atom. The summed E-state index contributed by atoms with van der Waals surface area (Å²) in [4.78, 5) is 14.5. The molecular weight excluding hydrogens is 321 g/mol. The number of fused-ring (bicyclic) bond motifs is 1. The number of rotatable bonds is 4. The molecule has 2 aromatic carbocycles. The van der Waals surface area contributed by atoms with E-state index in [2.05, 4.69) is 10.5 Å². The number of nitrogens with zero attached hydrogens (tertiary/aromatic N) is 2. The molecule has 0 aromatic heterocycles. The molecule has 2 aliphatic heterocycles. The molecule has 4 rings (SSSR count). The van der Waals surface area contributed by atoms with E-state index in [-0.39, 0.29) is 5.91 Å². The topological polar surface area (TPSA) is 53.9 Å². The molecule has 2 aromatic rings. The first-order valence-electron chi connectivity index (χ1n) is 8.22. The summed E-state index contributed by atoms with van der Waals surface area (Å²) in [7, 11) is 0. The van der Waals surface area contributed by atoms with E-state index < -0.39 is 12.4 Å². The summed E-state index contributed by atoms with van der Waals surface area (Å²) < 4.78 is 18.8. The van der Waals surface area contributed by atoms with Crippen LogP contribution in [0.4, 0.5) is 4.39 Å². The molecule has 6 heteroatoms. The average molecular weight is 339 g/mol. The smallest absolute Gasteiger partial charge is 0.254 e. The summed E-state index contributed by atoms with van der Waals surface area (Å²) in [6, 6.07) is 15.4. The summed E-state index contributed by atoms with van der Waals surface area (Å²) in [5.41, 5.74) is 6.01. The number of carbonyl (C=O) groups is 1. The first-order valence-corrected chi connectivity index (χ1v) is 8.22. The average Bonchev–Trinajstić information content (AvgIpc) is 3.22. The third-order valence-corrected chi connectivity index (χ3v) is 4.40. The molecule has 0 radical (unpaired) electrons. The van der Waals surface area contributed by atoms with Gasteiger partial charge < -0.3 is 9.64 Å². The third-order valence-electron chi connectivity index (χ3n) is 4.40. The molecule has 0 spiro atoms. The maximum absolute atomic E-state index is 13.3. The molecule has 1 amide bonds. The van der Waals surface area contributed by atoms with Crippen molar-refractivity contribution in [3.63, 3.8) is 0 Å². The Hall–Kier alpha value is -2.89. The van der Waals surface area contributed by atoms with Gasteiger partial charge in [-0.1, -0.05) is 36.4 Å². The number of carbonyl (C=O) groups excluding carboxylic acids is 1. The lowest BCUT2D eigenvalue weighted by molar-refractivity contribution is 0.0766. The highest BCUT2D eigenvalue weighted by molar-refractivity contribution is 6.02. The van der Waals surface area contributed by atoms with Crippen molar-refractivity contribution in [1.29, 1.82) is 0 Å². The number of benzene rings is 2. The molecule has 1 N–H and O–H groups in total. The second-order valence-electron chi connectivity index (χ2n) is 6.28. The minimum atomic E-state index is -1.18. The summed E-state index contributed by atoms with van der Waals surface area (Å²) in [5, 5.41) is 4.03. The van der Waals surface area contributed by atoms with Gasteiger partial charge in [0.1, 0.15) is 0 Å². The van der Waals surface area contributed by atoms with Gasteiger partial charge in [0.25, 0.3) is 5.91 Å². The number of alkyl halides is 1. The van der Waals surface area contributed by atoms with Crippen LogP contribution in [-0.2, 0) is 17.8 Å². The lowest BCUT2D eigenvalue weighted by Crippen LogP contribution is -2.30. The van der Waals surface area contributed by atoms with Crippen LogP contribution in [0.2, 0.25) is 0 Å². The van der Waals surface area contributed by atoms with Crippen LogP contribution in [0, 0.1) is 0 Å². The fraction of sp³-hybridized carbons (Fsp3) is 0.263. The summed E-state index contributed by atoms with van der Waals surface area (Å²) in [6.07, 6.45) is -1.97. The number of hydrazone groups is 1. The molecule has 2 unspecified atom stereocenters. The lowest BCUT2D eigenvalue weighted by Gasteiger charge is -2.15. The fourth-order valence-corrected chi connectivity index (χ4v) is 3.05. The second kappa shape index (κ2) is 6.20. The summed E-state index contributed by atoms with van der Waals surface area (Å²) in [5.74, 6) is 0.300. The van der Waals surface area contributed by atoms with Crippen molar-refractivity contribution in [2.45, 2.75) is 32.4 Å². The van der Waals surface area contributed by atoms with E-state index in [9.17, 15) is 9.18 Å². The molecular formula is C19H18FN3O2. The van der Waals surface area contributed by atoms with Crippen molar-refractivity contribution in [2.24, 2.45) is 5.10 Å². The highest BCUT2D eigenvalue weighted by atomic mass is 19.1. The van der Waals surface area contributed by atoms with Crippen LogP contribution >= 0.6 is 0 Å². The number of halogens is 1. The Balaban J connectivity index is 1.53. The first-order chi connectivity index (χ1) is 12.1. The summed E-state index contributed by atoms with van der Waals surface area (Å²) >= 11 is 0. The van der Waals surface area contributed by atoms with Crippen LogP contribution in [-0.4, -0.2) is 29.1 Å². The van der Waals surface area contributed by atoms with Gasteiger partial charge in [-0.25, -0.2) is 4.39 Å². The second-order valence-corrected chi connectivity index (χ2v) is 6.28. The van der Waals surface area contributed by atoms with Crippen molar-refractivity contribution in [3.05, 3.63) is 70.8 Å². The number of nitrogens with one attached hydrogen (secondary N) is 1. The summed E-state index contributed by atoms with van der Waals surface area (Å²) in [6.45, 7) is 2.56. The van der Waals surface area contributed by atoms with Crippen LogP contribution in [0.1, 0.15) is 34.0 Å². The predicted octanol–water partition coefficient (Wildman–Crippen LogP) is 2.81. The zero-order chi connectivity index (χ0) is 17.4. The Morgan fingerprint density at radius 2 is 2.12 bits per heavy atom. The van der Waals surface area contributed by atoms with E-state index in [4.69, 9.17) is 4.74 Å². The quantitative estimate of drug-likeness (QED) is 0.932. The zero-order valence-corrected chi connectivity index (χ0v) is 13.8. The van der Waals surface area contributed by atoms with Gasteiger partial charge in [-0.05, 0) is 30.2 Å². The third kappa shape index (κ3) is 2.95. The van der Waals surface area contributed by atoms with Crippen molar-refractivity contribution < 1.29 is 13.9 Å². The molecule has 128 valence electrons. The van der Waals surface area contributed by atoms with Crippen LogP contribution in [0.3, 0.4) is 0 Å². The molecule has 0 saturated carbocycles. The SMILES string of the molecule is CC(F)C1NN=C(c2ccc3c(c2)C(=O)N(Cc2ccccc2)C3)O1. The molecule has 0 fully saturated rings. The fourth-order valence-electron chi connectivity index (χ4n) is 3.05. The monoisotopic (exact) mass is 339 g/mol. The maximum atomic E-state index is 13.3. The Labute approximate surface area is 145 Å². The van der Waals surface area contributed by atoms with Crippen molar-refractivity contribution >= 4 is 11.8 Å². The molecule has 0 saturated heterocycles. The van der Waals surface area contributed by atoms with Gasteiger partial charge in [0, 0.05) is 24.2 Å². The van der Waals surface area contributed by atoms with Crippen LogP contribution in [0.5, 0.6) is 0 Å². The molecule has 25 heavy (non-hydrogen) atoms. The number of ether oxygens (including phenoxy) is 1. The molecule has 0 bridgehead atoms. The molecule has 2 heterocycles. The zero-order valence-electron chi connectivity index (χ0n) is 13.8. The van der Waals surface area contributed by atoms with Crippen LogP contribution in [0.25, 0.3) is 0 Å². The van der Waals surface area contributed by atoms with E-state index >= 15 is 0 Å². The van der Waals surface area contributed by atoms with E-state index in [0.717, 1.165) is 11.1 Å². The highest BCUT2D eigenvalue weighted by Crippen LogP contribution is 2.26. The first kappa shape index (κ1) is 15.6. The van der Waals surface area contributed by atoms with Gasteiger partial charge in [-0.3, -0.25) is 10.2 Å². The van der Waals surface area contributed by atoms with Crippen molar-refractivity contribution in [2.75, 3.05) is 0 Å². The molecule has 2 aliphatic rings. The van der Waals surface area contributed by atoms with E-state index in [1.54, 1.807) is 6.07 Å². The molecule has 0 aliphatic carbocycles. The van der Waals surface area contributed by atoms with E-state index in [1.807, 2.05) is 47.4 Å². The lowest BCUT2D eigenvalue weighted by atomic mass is 10.1.